The largest absolute Gasteiger partial charge is 0.314 e. The van der Waals surface area contributed by atoms with Gasteiger partial charge in [0.05, 0.1) is 5.69 Å². The second-order valence-corrected chi connectivity index (χ2v) is 7.51. The standard InChI is InChI=1S/C20H32N2OS.C2H6/c1-3-9-18-10-11-19(20(16-18)24-2)22(17-23)15-8-7-14-21-12-5-4-6-13-21;1-2/h10-11,16-17H,3-9,12-15H2,1-2H3;1-2H3. The van der Waals surface area contributed by atoms with Crippen LogP contribution in [0.15, 0.2) is 23.1 Å². The minimum atomic E-state index is 0.817. The van der Waals surface area contributed by atoms with Gasteiger partial charge in [0.25, 0.3) is 0 Å². The lowest BCUT2D eigenvalue weighted by Gasteiger charge is -2.27. The third-order valence-electron chi connectivity index (χ3n) is 4.79. The number of unbranched alkanes of at least 4 members (excludes halogenated alkanes) is 1. The van der Waals surface area contributed by atoms with Crippen molar-refractivity contribution in [3.63, 3.8) is 0 Å². The summed E-state index contributed by atoms with van der Waals surface area (Å²) in [5.41, 5.74) is 2.43. The highest BCUT2D eigenvalue weighted by Gasteiger charge is 2.12. The van der Waals surface area contributed by atoms with Crippen LogP contribution in [0.3, 0.4) is 0 Å². The SMILES string of the molecule is CC.CCCc1ccc(N(C=O)CCCCN2CCCCC2)c(SC)c1. The van der Waals surface area contributed by atoms with Gasteiger partial charge < -0.3 is 9.80 Å². The molecule has 1 heterocycles. The lowest BCUT2D eigenvalue weighted by atomic mass is 10.1. The van der Waals surface area contributed by atoms with Crippen molar-refractivity contribution in [2.75, 3.05) is 37.3 Å². The molecule has 0 spiro atoms. The lowest BCUT2D eigenvalue weighted by Crippen LogP contribution is -2.31. The van der Waals surface area contributed by atoms with Gasteiger partial charge in [-0.2, -0.15) is 0 Å². The van der Waals surface area contributed by atoms with Gasteiger partial charge in [-0.25, -0.2) is 0 Å². The van der Waals surface area contributed by atoms with E-state index in [1.54, 1.807) is 11.8 Å². The topological polar surface area (TPSA) is 23.6 Å². The molecule has 0 N–H and O–H groups in total. The fourth-order valence-corrected chi connectivity index (χ4v) is 4.10. The molecule has 1 saturated heterocycles. The molecule has 0 aromatic heterocycles. The number of anilines is 1. The van der Waals surface area contributed by atoms with E-state index >= 15 is 0 Å². The van der Waals surface area contributed by atoms with E-state index in [1.807, 2.05) is 18.7 Å². The van der Waals surface area contributed by atoms with Gasteiger partial charge in [-0.05, 0) is 75.7 Å². The fraction of sp³-hybridized carbons (Fsp3) is 0.682. The molecule has 1 aromatic rings. The van der Waals surface area contributed by atoms with Crippen LogP contribution in [0.1, 0.15) is 64.9 Å². The molecular formula is C22H38N2OS. The number of rotatable bonds is 10. The summed E-state index contributed by atoms with van der Waals surface area (Å²) in [4.78, 5) is 17.3. The minimum Gasteiger partial charge on any atom is -0.314 e. The number of hydrogen-bond acceptors (Lipinski definition) is 3. The van der Waals surface area contributed by atoms with Crippen LogP contribution in [-0.2, 0) is 11.2 Å². The van der Waals surface area contributed by atoms with Gasteiger partial charge in [-0.1, -0.05) is 39.7 Å². The molecule has 0 unspecified atom stereocenters. The number of nitrogens with zero attached hydrogens (tertiary/aromatic N) is 2. The molecule has 0 aliphatic carbocycles. The van der Waals surface area contributed by atoms with Crippen LogP contribution in [0.25, 0.3) is 0 Å². The van der Waals surface area contributed by atoms with Crippen molar-refractivity contribution in [2.24, 2.45) is 0 Å². The molecule has 26 heavy (non-hydrogen) atoms. The molecule has 1 aliphatic heterocycles. The Hall–Kier alpha value is -1.00. The van der Waals surface area contributed by atoms with Crippen LogP contribution in [-0.4, -0.2) is 43.7 Å². The Morgan fingerprint density at radius 1 is 1.15 bits per heavy atom. The Morgan fingerprint density at radius 3 is 2.50 bits per heavy atom. The summed E-state index contributed by atoms with van der Waals surface area (Å²) in [5.74, 6) is 0. The summed E-state index contributed by atoms with van der Waals surface area (Å²) in [6, 6.07) is 6.53. The van der Waals surface area contributed by atoms with Crippen LogP contribution in [0.2, 0.25) is 0 Å². The Balaban J connectivity index is 0.00000163. The van der Waals surface area contributed by atoms with Gasteiger partial charge in [0.1, 0.15) is 0 Å². The van der Waals surface area contributed by atoms with Gasteiger partial charge in [0.15, 0.2) is 0 Å². The summed E-state index contributed by atoms with van der Waals surface area (Å²) in [5, 5.41) is 0. The summed E-state index contributed by atoms with van der Waals surface area (Å²) in [6.07, 6.45) is 11.7. The van der Waals surface area contributed by atoms with Crippen LogP contribution in [0, 0.1) is 0 Å². The number of likely N-dealkylation sites (tertiary alicyclic amines) is 1. The van der Waals surface area contributed by atoms with E-state index < -0.39 is 0 Å². The van der Waals surface area contributed by atoms with Gasteiger partial charge in [0, 0.05) is 11.4 Å². The Bertz CT molecular complexity index is 501. The number of thioether (sulfide) groups is 1. The number of piperidine rings is 1. The fourth-order valence-electron chi connectivity index (χ4n) is 3.43. The zero-order chi connectivity index (χ0) is 19.2. The van der Waals surface area contributed by atoms with Crippen LogP contribution >= 0.6 is 11.8 Å². The van der Waals surface area contributed by atoms with Crippen molar-refractivity contribution in [2.45, 2.75) is 70.6 Å². The molecule has 1 aromatic carbocycles. The van der Waals surface area contributed by atoms with Crippen LogP contribution in [0.5, 0.6) is 0 Å². The molecule has 1 aliphatic rings. The summed E-state index contributed by atoms with van der Waals surface area (Å²) >= 11 is 1.73. The number of carbonyl (C=O) groups is 1. The molecule has 4 heteroatoms. The number of hydrogen-bond donors (Lipinski definition) is 0. The van der Waals surface area contributed by atoms with Crippen LogP contribution < -0.4 is 4.90 Å². The van der Waals surface area contributed by atoms with Crippen molar-refractivity contribution >= 4 is 23.9 Å². The first kappa shape index (κ1) is 23.0. The van der Waals surface area contributed by atoms with E-state index in [-0.39, 0.29) is 0 Å². The predicted octanol–water partition coefficient (Wildman–Crippen LogP) is 5.62. The van der Waals surface area contributed by atoms with E-state index in [9.17, 15) is 4.79 Å². The number of carbonyl (C=O) groups excluding carboxylic acids is 1. The third kappa shape index (κ3) is 7.71. The predicted molar refractivity (Wildman–Crippen MR) is 117 cm³/mol. The second-order valence-electron chi connectivity index (χ2n) is 6.66. The maximum Gasteiger partial charge on any atom is 0.214 e. The lowest BCUT2D eigenvalue weighted by molar-refractivity contribution is -0.107. The molecule has 148 valence electrons. The van der Waals surface area contributed by atoms with Crippen LogP contribution in [0.4, 0.5) is 5.69 Å². The number of aryl methyl sites for hydroxylation is 1. The molecule has 0 atom stereocenters. The van der Waals surface area contributed by atoms with Crippen molar-refractivity contribution in [3.8, 4) is 0 Å². The van der Waals surface area contributed by atoms with Crippen molar-refractivity contribution in [1.82, 2.24) is 4.90 Å². The highest BCUT2D eigenvalue weighted by Crippen LogP contribution is 2.30. The maximum absolute atomic E-state index is 11.6. The van der Waals surface area contributed by atoms with Gasteiger partial charge in [-0.15, -0.1) is 11.8 Å². The van der Waals surface area contributed by atoms with E-state index in [4.69, 9.17) is 0 Å². The Morgan fingerprint density at radius 2 is 1.88 bits per heavy atom. The van der Waals surface area contributed by atoms with E-state index in [1.165, 1.54) is 55.8 Å². The van der Waals surface area contributed by atoms with Gasteiger partial charge in [-0.3, -0.25) is 4.79 Å². The zero-order valence-corrected chi connectivity index (χ0v) is 18.1. The quantitative estimate of drug-likeness (QED) is 0.300. The van der Waals surface area contributed by atoms with Crippen molar-refractivity contribution in [3.05, 3.63) is 23.8 Å². The maximum atomic E-state index is 11.6. The highest BCUT2D eigenvalue weighted by atomic mass is 32.2. The van der Waals surface area contributed by atoms with E-state index in [0.29, 0.717) is 0 Å². The summed E-state index contributed by atoms with van der Waals surface area (Å²) in [6.45, 7) is 10.7. The first-order valence-electron chi connectivity index (χ1n) is 10.4. The summed E-state index contributed by atoms with van der Waals surface area (Å²) in [7, 11) is 0. The average Bonchev–Trinajstić information content (AvgIpc) is 2.71. The second kappa shape index (κ2) is 14.1. The molecule has 0 bridgehead atoms. The third-order valence-corrected chi connectivity index (χ3v) is 5.56. The zero-order valence-electron chi connectivity index (χ0n) is 17.3. The van der Waals surface area contributed by atoms with E-state index in [2.05, 4.69) is 36.3 Å². The monoisotopic (exact) mass is 378 g/mol. The Kier molecular flexibility index (Phi) is 12.5. The van der Waals surface area contributed by atoms with Gasteiger partial charge in [0.2, 0.25) is 6.41 Å². The minimum absolute atomic E-state index is 0.817. The Labute approximate surface area is 165 Å². The highest BCUT2D eigenvalue weighted by molar-refractivity contribution is 7.98. The van der Waals surface area contributed by atoms with Gasteiger partial charge >= 0.3 is 0 Å². The first-order valence-corrected chi connectivity index (χ1v) is 11.6. The number of benzene rings is 1. The molecular weight excluding hydrogens is 340 g/mol. The molecule has 0 radical (unpaired) electrons. The molecule has 1 fully saturated rings. The first-order chi connectivity index (χ1) is 12.8. The normalized spacial score (nSPS) is 14.5. The smallest absolute Gasteiger partial charge is 0.214 e. The number of amides is 1. The molecule has 3 nitrogen and oxygen atoms in total. The molecule has 0 saturated carbocycles. The molecule has 2 rings (SSSR count). The van der Waals surface area contributed by atoms with Crippen molar-refractivity contribution < 1.29 is 4.79 Å². The summed E-state index contributed by atoms with van der Waals surface area (Å²) < 4.78 is 0. The van der Waals surface area contributed by atoms with E-state index in [0.717, 1.165) is 37.9 Å². The van der Waals surface area contributed by atoms with Crippen molar-refractivity contribution in [1.29, 1.82) is 0 Å². The average molecular weight is 379 g/mol. The molecule has 1 amide bonds.